The first-order valence-electron chi connectivity index (χ1n) is 7.81. The fourth-order valence-electron chi connectivity index (χ4n) is 2.49. The molecule has 0 aliphatic carbocycles. The molecule has 24 heavy (non-hydrogen) atoms. The standard InChI is InChI=1S/C16H21NO6S/c1-4-17(5-2)24(20,21)13-8-6-12(7-9-13)15(18)23-14-10-11(3)22-16(14)19/h6-9,11,14H,4-5,10H2,1-3H3. The van der Waals surface area contributed by atoms with E-state index in [1.165, 1.54) is 28.6 Å². The molecule has 1 aromatic carbocycles. The highest BCUT2D eigenvalue weighted by Gasteiger charge is 2.35. The molecule has 8 heteroatoms. The first kappa shape index (κ1) is 18.4. The van der Waals surface area contributed by atoms with Gasteiger partial charge in [-0.3, -0.25) is 0 Å². The van der Waals surface area contributed by atoms with Gasteiger partial charge in [-0.1, -0.05) is 13.8 Å². The molecule has 7 nitrogen and oxygen atoms in total. The van der Waals surface area contributed by atoms with Crippen molar-refractivity contribution in [3.8, 4) is 0 Å². The second-order valence-corrected chi connectivity index (χ2v) is 7.43. The van der Waals surface area contributed by atoms with Crippen molar-refractivity contribution in [2.45, 2.75) is 44.3 Å². The molecule has 1 aliphatic rings. The van der Waals surface area contributed by atoms with Crippen LogP contribution in [0.15, 0.2) is 29.2 Å². The van der Waals surface area contributed by atoms with Gasteiger partial charge < -0.3 is 9.47 Å². The Bertz CT molecular complexity index is 709. The highest BCUT2D eigenvalue weighted by Crippen LogP contribution is 2.20. The van der Waals surface area contributed by atoms with E-state index in [4.69, 9.17) is 9.47 Å². The third-order valence-corrected chi connectivity index (χ3v) is 5.87. The van der Waals surface area contributed by atoms with Crippen molar-refractivity contribution in [2.75, 3.05) is 13.1 Å². The smallest absolute Gasteiger partial charge is 0.347 e. The van der Waals surface area contributed by atoms with Gasteiger partial charge in [-0.15, -0.1) is 0 Å². The summed E-state index contributed by atoms with van der Waals surface area (Å²) in [5, 5.41) is 0. The van der Waals surface area contributed by atoms with E-state index in [1.807, 2.05) is 0 Å². The number of sulfonamides is 1. The minimum atomic E-state index is -3.57. The van der Waals surface area contributed by atoms with Gasteiger partial charge in [-0.2, -0.15) is 4.31 Å². The Morgan fingerprint density at radius 1 is 1.25 bits per heavy atom. The van der Waals surface area contributed by atoms with E-state index in [9.17, 15) is 18.0 Å². The number of cyclic esters (lactones) is 1. The van der Waals surface area contributed by atoms with E-state index in [0.29, 0.717) is 19.5 Å². The fraction of sp³-hybridized carbons (Fsp3) is 0.500. The molecule has 132 valence electrons. The maximum absolute atomic E-state index is 12.4. The SMILES string of the molecule is CCN(CC)S(=O)(=O)c1ccc(C(=O)OC2CC(C)OC2=O)cc1. The van der Waals surface area contributed by atoms with Gasteiger partial charge in [0.25, 0.3) is 0 Å². The van der Waals surface area contributed by atoms with Crippen LogP contribution in [0.1, 0.15) is 37.6 Å². The molecule has 1 saturated heterocycles. The van der Waals surface area contributed by atoms with Crippen molar-refractivity contribution < 1.29 is 27.5 Å². The monoisotopic (exact) mass is 355 g/mol. The van der Waals surface area contributed by atoms with Gasteiger partial charge >= 0.3 is 11.9 Å². The van der Waals surface area contributed by atoms with Gasteiger partial charge in [0, 0.05) is 19.5 Å². The van der Waals surface area contributed by atoms with E-state index in [-0.39, 0.29) is 16.6 Å². The fourth-order valence-corrected chi connectivity index (χ4v) is 3.95. The van der Waals surface area contributed by atoms with Crippen LogP contribution in [0.4, 0.5) is 0 Å². The van der Waals surface area contributed by atoms with Crippen molar-refractivity contribution in [3.63, 3.8) is 0 Å². The van der Waals surface area contributed by atoms with Crippen LogP contribution in [-0.4, -0.2) is 50.0 Å². The lowest BCUT2D eigenvalue weighted by molar-refractivity contribution is -0.147. The van der Waals surface area contributed by atoms with Crippen molar-refractivity contribution in [3.05, 3.63) is 29.8 Å². The highest BCUT2D eigenvalue weighted by atomic mass is 32.2. The van der Waals surface area contributed by atoms with Gasteiger partial charge in [0.1, 0.15) is 6.10 Å². The average molecular weight is 355 g/mol. The minimum Gasteiger partial charge on any atom is -0.460 e. The Kier molecular flexibility index (Phi) is 5.61. The third-order valence-electron chi connectivity index (χ3n) is 3.81. The maximum Gasteiger partial charge on any atom is 0.347 e. The van der Waals surface area contributed by atoms with Gasteiger partial charge in [-0.25, -0.2) is 18.0 Å². The summed E-state index contributed by atoms with van der Waals surface area (Å²) in [6.45, 7) is 5.97. The zero-order valence-electron chi connectivity index (χ0n) is 13.9. The number of nitrogens with zero attached hydrogens (tertiary/aromatic N) is 1. The molecular formula is C16H21NO6S. The molecule has 0 spiro atoms. The second kappa shape index (κ2) is 7.31. The van der Waals surface area contributed by atoms with Gasteiger partial charge in [-0.05, 0) is 31.2 Å². The number of hydrogen-bond acceptors (Lipinski definition) is 6. The summed E-state index contributed by atoms with van der Waals surface area (Å²) in [5.74, 6) is -1.24. The van der Waals surface area contributed by atoms with Crippen LogP contribution in [0.25, 0.3) is 0 Å². The van der Waals surface area contributed by atoms with E-state index < -0.39 is 28.1 Å². The molecule has 2 rings (SSSR count). The number of carbonyl (C=O) groups is 2. The second-order valence-electron chi connectivity index (χ2n) is 5.49. The number of rotatable bonds is 6. The summed E-state index contributed by atoms with van der Waals surface area (Å²) in [7, 11) is -3.57. The van der Waals surface area contributed by atoms with Crippen molar-refractivity contribution >= 4 is 22.0 Å². The number of hydrogen-bond donors (Lipinski definition) is 0. The van der Waals surface area contributed by atoms with Crippen LogP contribution in [0.3, 0.4) is 0 Å². The van der Waals surface area contributed by atoms with Gasteiger partial charge in [0.2, 0.25) is 16.1 Å². The summed E-state index contributed by atoms with van der Waals surface area (Å²) >= 11 is 0. The third kappa shape index (κ3) is 3.76. The highest BCUT2D eigenvalue weighted by molar-refractivity contribution is 7.89. The van der Waals surface area contributed by atoms with Crippen LogP contribution in [0.5, 0.6) is 0 Å². The van der Waals surface area contributed by atoms with E-state index >= 15 is 0 Å². The Labute approximate surface area is 141 Å². The lowest BCUT2D eigenvalue weighted by atomic mass is 10.2. The van der Waals surface area contributed by atoms with E-state index in [0.717, 1.165) is 0 Å². The summed E-state index contributed by atoms with van der Waals surface area (Å²) in [6.07, 6.45) is -0.873. The molecule has 0 N–H and O–H groups in total. The van der Waals surface area contributed by atoms with Crippen molar-refractivity contribution in [1.82, 2.24) is 4.31 Å². The summed E-state index contributed by atoms with van der Waals surface area (Å²) in [4.78, 5) is 23.7. The van der Waals surface area contributed by atoms with Crippen LogP contribution in [0.2, 0.25) is 0 Å². The molecule has 1 fully saturated rings. The molecule has 0 aromatic heterocycles. The molecule has 0 amide bonds. The predicted octanol–water partition coefficient (Wildman–Crippen LogP) is 1.58. The molecule has 0 saturated carbocycles. The Balaban J connectivity index is 2.12. The molecular weight excluding hydrogens is 334 g/mol. The molecule has 2 unspecified atom stereocenters. The normalized spacial score (nSPS) is 20.9. The molecule has 1 heterocycles. The lowest BCUT2D eigenvalue weighted by Gasteiger charge is -2.18. The number of carbonyl (C=O) groups excluding carboxylic acids is 2. The van der Waals surface area contributed by atoms with Crippen LogP contribution in [-0.2, 0) is 24.3 Å². The molecule has 0 radical (unpaired) electrons. The van der Waals surface area contributed by atoms with Gasteiger partial charge in [0.15, 0.2) is 0 Å². The molecule has 1 aliphatic heterocycles. The van der Waals surface area contributed by atoms with Crippen LogP contribution < -0.4 is 0 Å². The Morgan fingerprint density at radius 2 is 1.83 bits per heavy atom. The Hall–Kier alpha value is -1.93. The maximum atomic E-state index is 12.4. The summed E-state index contributed by atoms with van der Waals surface area (Å²) < 4.78 is 36.1. The largest absolute Gasteiger partial charge is 0.460 e. The summed E-state index contributed by atoms with van der Waals surface area (Å²) in [5.41, 5.74) is 0.181. The van der Waals surface area contributed by atoms with Gasteiger partial charge in [0.05, 0.1) is 10.5 Å². The molecule has 1 aromatic rings. The first-order valence-corrected chi connectivity index (χ1v) is 9.25. The zero-order chi connectivity index (χ0) is 17.9. The molecule has 2 atom stereocenters. The number of benzene rings is 1. The first-order chi connectivity index (χ1) is 11.3. The average Bonchev–Trinajstić information content (AvgIpc) is 2.86. The summed E-state index contributed by atoms with van der Waals surface area (Å²) in [6, 6.07) is 5.48. The topological polar surface area (TPSA) is 90.0 Å². The van der Waals surface area contributed by atoms with Crippen molar-refractivity contribution in [2.24, 2.45) is 0 Å². The van der Waals surface area contributed by atoms with Crippen LogP contribution in [0, 0.1) is 0 Å². The quantitative estimate of drug-likeness (QED) is 0.720. The van der Waals surface area contributed by atoms with Crippen LogP contribution >= 0.6 is 0 Å². The zero-order valence-corrected chi connectivity index (χ0v) is 14.7. The Morgan fingerprint density at radius 3 is 2.29 bits per heavy atom. The predicted molar refractivity (Wildman–Crippen MR) is 85.9 cm³/mol. The van der Waals surface area contributed by atoms with Crippen molar-refractivity contribution in [1.29, 1.82) is 0 Å². The number of ether oxygens (including phenoxy) is 2. The van der Waals surface area contributed by atoms with E-state index in [1.54, 1.807) is 20.8 Å². The lowest BCUT2D eigenvalue weighted by Crippen LogP contribution is -2.30. The molecule has 0 bridgehead atoms. The minimum absolute atomic E-state index is 0.108. The van der Waals surface area contributed by atoms with E-state index in [2.05, 4.69) is 0 Å². The number of esters is 2.